The highest BCUT2D eigenvalue weighted by Gasteiger charge is 2.15. The molecule has 0 amide bonds. The summed E-state index contributed by atoms with van der Waals surface area (Å²) in [6.45, 7) is 4.12. The first-order chi connectivity index (χ1) is 16.1. The minimum atomic E-state index is 0.195. The Morgan fingerprint density at radius 2 is 1.70 bits per heavy atom. The average Bonchev–Trinajstić information content (AvgIpc) is 3.21. The number of benzene rings is 3. The number of aromatic amines is 1. The highest BCUT2D eigenvalue weighted by Crippen LogP contribution is 2.38. The monoisotopic (exact) mass is 502 g/mol. The summed E-state index contributed by atoms with van der Waals surface area (Å²) < 4.78 is 11.8. The minimum absolute atomic E-state index is 0.195. The number of H-pyrrole nitrogens is 1. The first-order valence-electron chi connectivity index (χ1n) is 10.8. The molecule has 1 aromatic heterocycles. The highest BCUT2D eigenvalue weighted by atomic mass is 35.5. The third-order valence-corrected chi connectivity index (χ3v) is 6.36. The molecule has 172 valence electrons. The second-order valence-electron chi connectivity index (χ2n) is 7.61. The lowest BCUT2D eigenvalue weighted by Gasteiger charge is -2.16. The number of aromatic nitrogens is 1. The van der Waals surface area contributed by atoms with Crippen LogP contribution in [0.1, 0.15) is 23.6 Å². The van der Waals surface area contributed by atoms with Crippen molar-refractivity contribution in [2.45, 2.75) is 26.5 Å². The summed E-state index contributed by atoms with van der Waals surface area (Å²) in [6, 6.07) is 17.5. The summed E-state index contributed by atoms with van der Waals surface area (Å²) in [5.74, 6) is 1.08. The van der Waals surface area contributed by atoms with Gasteiger partial charge in [-0.15, -0.1) is 0 Å². The van der Waals surface area contributed by atoms with Gasteiger partial charge >= 0.3 is 0 Å². The summed E-state index contributed by atoms with van der Waals surface area (Å²) in [7, 11) is 0. The van der Waals surface area contributed by atoms with Crippen molar-refractivity contribution in [2.24, 2.45) is 0 Å². The Kier molecular flexibility index (Phi) is 8.05. The third kappa shape index (κ3) is 5.77. The van der Waals surface area contributed by atoms with E-state index >= 15 is 0 Å². The van der Waals surface area contributed by atoms with Crippen molar-refractivity contribution in [1.29, 1.82) is 0 Å². The second-order valence-corrected chi connectivity index (χ2v) is 8.83. The van der Waals surface area contributed by atoms with Crippen LogP contribution in [0.25, 0.3) is 10.9 Å². The van der Waals surface area contributed by atoms with E-state index in [1.54, 1.807) is 18.2 Å². The van der Waals surface area contributed by atoms with E-state index in [2.05, 4.69) is 34.7 Å². The number of hydrogen-bond acceptors (Lipinski definition) is 3. The molecule has 33 heavy (non-hydrogen) atoms. The van der Waals surface area contributed by atoms with Gasteiger partial charge in [0.1, 0.15) is 6.61 Å². The number of para-hydroxylation sites is 1. The molecular weight excluding hydrogens is 479 g/mol. The normalized spacial score (nSPS) is 11.2. The fourth-order valence-corrected chi connectivity index (χ4v) is 4.53. The quantitative estimate of drug-likeness (QED) is 0.221. The second kappa shape index (κ2) is 11.2. The first-order valence-corrected chi connectivity index (χ1v) is 12.0. The molecule has 0 aliphatic heterocycles. The molecule has 3 aromatic carbocycles. The highest BCUT2D eigenvalue weighted by molar-refractivity contribution is 6.36. The lowest BCUT2D eigenvalue weighted by atomic mass is 10.1. The maximum atomic E-state index is 6.57. The van der Waals surface area contributed by atoms with E-state index in [0.717, 1.165) is 24.0 Å². The zero-order valence-electron chi connectivity index (χ0n) is 18.3. The van der Waals surface area contributed by atoms with Gasteiger partial charge < -0.3 is 19.8 Å². The molecule has 4 rings (SSSR count). The molecule has 0 aliphatic rings. The van der Waals surface area contributed by atoms with Crippen molar-refractivity contribution in [1.82, 2.24) is 10.3 Å². The van der Waals surface area contributed by atoms with Crippen LogP contribution in [0.2, 0.25) is 15.1 Å². The molecule has 0 fully saturated rings. The Bertz CT molecular complexity index is 1220. The molecular formula is C26H25Cl3N2O2. The lowest BCUT2D eigenvalue weighted by Crippen LogP contribution is -2.16. The molecule has 0 spiro atoms. The number of halogens is 3. The third-order valence-electron chi connectivity index (χ3n) is 5.37. The van der Waals surface area contributed by atoms with Gasteiger partial charge in [0, 0.05) is 39.3 Å². The van der Waals surface area contributed by atoms with Crippen LogP contribution in [-0.4, -0.2) is 18.1 Å². The topological polar surface area (TPSA) is 46.3 Å². The van der Waals surface area contributed by atoms with Gasteiger partial charge in [-0.25, -0.2) is 0 Å². The standard InChI is InChI=1S/C26H25Cl3N2O2/c1-2-32-25-13-17(14-30-11-10-18-15-31-24-9-4-3-6-19(18)24)12-23(29)26(25)33-16-20-21(27)7-5-8-22(20)28/h3-9,12-13,15,30-31H,2,10-11,14,16H2,1H3. The van der Waals surface area contributed by atoms with Crippen LogP contribution < -0.4 is 14.8 Å². The van der Waals surface area contributed by atoms with Crippen LogP contribution in [0.4, 0.5) is 0 Å². The van der Waals surface area contributed by atoms with Crippen LogP contribution in [0.5, 0.6) is 11.5 Å². The molecule has 1 heterocycles. The summed E-state index contributed by atoms with van der Waals surface area (Å²) in [5, 5.41) is 6.34. The molecule has 0 unspecified atom stereocenters. The number of ether oxygens (including phenoxy) is 2. The van der Waals surface area contributed by atoms with Gasteiger partial charge in [-0.05, 0) is 61.3 Å². The van der Waals surface area contributed by atoms with Crippen molar-refractivity contribution >= 4 is 45.7 Å². The smallest absolute Gasteiger partial charge is 0.180 e. The Morgan fingerprint density at radius 3 is 2.48 bits per heavy atom. The van der Waals surface area contributed by atoms with E-state index in [1.807, 2.05) is 25.1 Å². The molecule has 0 radical (unpaired) electrons. The van der Waals surface area contributed by atoms with E-state index < -0.39 is 0 Å². The van der Waals surface area contributed by atoms with E-state index in [9.17, 15) is 0 Å². The summed E-state index contributed by atoms with van der Waals surface area (Å²) in [4.78, 5) is 3.32. The number of fused-ring (bicyclic) bond motifs is 1. The summed E-state index contributed by atoms with van der Waals surface area (Å²) in [6.07, 6.45) is 3.00. The van der Waals surface area contributed by atoms with Crippen molar-refractivity contribution in [3.05, 3.63) is 92.6 Å². The van der Waals surface area contributed by atoms with Gasteiger partial charge in [0.2, 0.25) is 0 Å². The van der Waals surface area contributed by atoms with E-state index in [1.165, 1.54) is 10.9 Å². The van der Waals surface area contributed by atoms with Gasteiger partial charge in [-0.2, -0.15) is 0 Å². The van der Waals surface area contributed by atoms with Crippen LogP contribution in [0.15, 0.2) is 60.8 Å². The van der Waals surface area contributed by atoms with Crippen molar-refractivity contribution in [3.63, 3.8) is 0 Å². The minimum Gasteiger partial charge on any atom is -0.490 e. The lowest BCUT2D eigenvalue weighted by molar-refractivity contribution is 0.269. The van der Waals surface area contributed by atoms with Gasteiger partial charge in [-0.1, -0.05) is 59.1 Å². The van der Waals surface area contributed by atoms with Gasteiger partial charge in [0.15, 0.2) is 11.5 Å². The van der Waals surface area contributed by atoms with E-state index in [4.69, 9.17) is 44.3 Å². The fourth-order valence-electron chi connectivity index (χ4n) is 3.74. The largest absolute Gasteiger partial charge is 0.490 e. The van der Waals surface area contributed by atoms with Crippen molar-refractivity contribution in [2.75, 3.05) is 13.2 Å². The molecule has 4 aromatic rings. The molecule has 0 saturated carbocycles. The molecule has 4 nitrogen and oxygen atoms in total. The molecule has 0 saturated heterocycles. The molecule has 7 heteroatoms. The van der Waals surface area contributed by atoms with Gasteiger partial charge in [-0.3, -0.25) is 0 Å². The molecule has 0 aliphatic carbocycles. The zero-order chi connectivity index (χ0) is 23.2. The Labute approximate surface area is 208 Å². The first kappa shape index (κ1) is 23.8. The molecule has 2 N–H and O–H groups in total. The van der Waals surface area contributed by atoms with Crippen molar-refractivity contribution < 1.29 is 9.47 Å². The Balaban J connectivity index is 1.40. The Morgan fingerprint density at radius 1 is 0.909 bits per heavy atom. The fraction of sp³-hybridized carbons (Fsp3) is 0.231. The Hall–Kier alpha value is -2.37. The van der Waals surface area contributed by atoms with Crippen molar-refractivity contribution in [3.8, 4) is 11.5 Å². The molecule has 0 bridgehead atoms. The zero-order valence-corrected chi connectivity index (χ0v) is 20.5. The number of nitrogens with one attached hydrogen (secondary N) is 2. The maximum absolute atomic E-state index is 6.57. The predicted octanol–water partition coefficient (Wildman–Crippen LogP) is 7.44. The average molecular weight is 504 g/mol. The predicted molar refractivity (Wildman–Crippen MR) is 137 cm³/mol. The summed E-state index contributed by atoms with van der Waals surface area (Å²) in [5.41, 5.74) is 4.19. The van der Waals surface area contributed by atoms with Crippen LogP contribution in [0.3, 0.4) is 0 Å². The van der Waals surface area contributed by atoms with Crippen LogP contribution in [0, 0.1) is 0 Å². The SMILES string of the molecule is CCOc1cc(CNCCc2c[nH]c3ccccc23)cc(Cl)c1OCc1c(Cl)cccc1Cl. The summed E-state index contributed by atoms with van der Waals surface area (Å²) >= 11 is 19.1. The number of rotatable bonds is 10. The van der Waals surface area contributed by atoms with Crippen LogP contribution in [-0.2, 0) is 19.6 Å². The molecule has 0 atom stereocenters. The van der Waals surface area contributed by atoms with E-state index in [-0.39, 0.29) is 6.61 Å². The van der Waals surface area contributed by atoms with E-state index in [0.29, 0.717) is 45.3 Å². The van der Waals surface area contributed by atoms with Gasteiger partial charge in [0.25, 0.3) is 0 Å². The maximum Gasteiger partial charge on any atom is 0.180 e. The van der Waals surface area contributed by atoms with Crippen LogP contribution >= 0.6 is 34.8 Å². The number of hydrogen-bond donors (Lipinski definition) is 2. The van der Waals surface area contributed by atoms with Gasteiger partial charge in [0.05, 0.1) is 11.6 Å².